The Balaban J connectivity index is 0.971. The molecule has 0 radical (unpaired) electrons. The second-order valence-electron chi connectivity index (χ2n) is 13.9. The number of anilines is 1. The van der Waals surface area contributed by atoms with Gasteiger partial charge in [-0.1, -0.05) is 36.4 Å². The van der Waals surface area contributed by atoms with E-state index in [9.17, 15) is 29.4 Å². The van der Waals surface area contributed by atoms with Gasteiger partial charge in [0.05, 0.1) is 48.7 Å². The van der Waals surface area contributed by atoms with Gasteiger partial charge in [-0.3, -0.25) is 28.4 Å². The molecule has 0 saturated heterocycles. The highest BCUT2D eigenvalue weighted by atomic mass is 32.1. The van der Waals surface area contributed by atoms with Gasteiger partial charge in [0.1, 0.15) is 12.2 Å². The average molecular weight is 811 g/mol. The SMILES string of the molecule is C[C@H](NC(=O)c1c(N)nn2cccnc12)c1cc2cccc(-c3cnn(CCOC(=O)CCC(=O)c4cc5cc(CO)c(CO)cc5s4)c3)c2c(=O)n1-c1ccccc1. The number of thiophene rings is 1. The lowest BCUT2D eigenvalue weighted by Crippen LogP contribution is -2.32. The Morgan fingerprint density at radius 1 is 0.949 bits per heavy atom. The second kappa shape index (κ2) is 16.5. The molecule has 1 amide bonds. The Morgan fingerprint density at radius 3 is 2.54 bits per heavy atom. The van der Waals surface area contributed by atoms with Crippen LogP contribution in [-0.4, -0.2) is 63.4 Å². The number of benzene rings is 3. The predicted molar refractivity (Wildman–Crippen MR) is 222 cm³/mol. The summed E-state index contributed by atoms with van der Waals surface area (Å²) >= 11 is 1.28. The molecule has 15 nitrogen and oxygen atoms in total. The van der Waals surface area contributed by atoms with Crippen LogP contribution in [0.1, 0.15) is 62.7 Å². The van der Waals surface area contributed by atoms with E-state index < -0.39 is 17.9 Å². The monoisotopic (exact) mass is 810 g/mol. The minimum Gasteiger partial charge on any atom is -0.464 e. The van der Waals surface area contributed by atoms with E-state index in [1.54, 1.807) is 65.2 Å². The van der Waals surface area contributed by atoms with E-state index in [0.717, 1.165) is 10.1 Å². The summed E-state index contributed by atoms with van der Waals surface area (Å²) < 4.78 is 10.9. The molecule has 5 N–H and O–H groups in total. The van der Waals surface area contributed by atoms with Crippen molar-refractivity contribution in [2.75, 3.05) is 12.3 Å². The molecular weight excluding hydrogens is 773 g/mol. The van der Waals surface area contributed by atoms with Gasteiger partial charge in [-0.25, -0.2) is 9.50 Å². The lowest BCUT2D eigenvalue weighted by atomic mass is 9.99. The summed E-state index contributed by atoms with van der Waals surface area (Å²) in [5, 5.41) is 32.7. The number of nitrogens with one attached hydrogen (secondary N) is 1. The number of aliphatic hydroxyl groups is 2. The largest absolute Gasteiger partial charge is 0.464 e. The zero-order chi connectivity index (χ0) is 41.2. The topological polar surface area (TPSA) is 209 Å². The van der Waals surface area contributed by atoms with E-state index in [-0.39, 0.29) is 61.9 Å². The molecule has 0 aliphatic carbocycles. The zero-order valence-corrected chi connectivity index (χ0v) is 32.6. The molecule has 0 aliphatic heterocycles. The maximum atomic E-state index is 14.6. The number of esters is 1. The summed E-state index contributed by atoms with van der Waals surface area (Å²) in [5.41, 5.74) is 9.95. The molecule has 0 saturated carbocycles. The van der Waals surface area contributed by atoms with Gasteiger partial charge in [0.2, 0.25) is 0 Å². The Morgan fingerprint density at radius 2 is 1.75 bits per heavy atom. The van der Waals surface area contributed by atoms with Gasteiger partial charge >= 0.3 is 5.97 Å². The van der Waals surface area contributed by atoms with Crippen LogP contribution in [-0.2, 0) is 29.3 Å². The number of Topliss-reactive ketones (excluding diaryl/α,β-unsaturated/α-hetero) is 1. The van der Waals surface area contributed by atoms with Crippen LogP contribution >= 0.6 is 11.3 Å². The highest BCUT2D eigenvalue weighted by Gasteiger charge is 2.24. The molecular formula is C43H38N8O7S. The molecule has 0 fully saturated rings. The molecule has 1 atom stereocenters. The number of nitrogen functional groups attached to an aromatic ring is 1. The lowest BCUT2D eigenvalue weighted by Gasteiger charge is -2.21. The number of nitrogens with two attached hydrogens (primary N) is 1. The molecule has 8 aromatic rings. The third-order valence-electron chi connectivity index (χ3n) is 10.1. The molecule has 0 spiro atoms. The van der Waals surface area contributed by atoms with Crippen molar-refractivity contribution >= 4 is 61.3 Å². The molecule has 16 heteroatoms. The summed E-state index contributed by atoms with van der Waals surface area (Å²) in [6.07, 6.45) is 6.50. The number of pyridine rings is 1. The number of amides is 1. The van der Waals surface area contributed by atoms with Crippen molar-refractivity contribution in [1.82, 2.24) is 34.3 Å². The van der Waals surface area contributed by atoms with Crippen molar-refractivity contribution in [3.8, 4) is 16.8 Å². The minimum atomic E-state index is -0.650. The smallest absolute Gasteiger partial charge is 0.306 e. The first kappa shape index (κ1) is 38.8. The van der Waals surface area contributed by atoms with Crippen LogP contribution in [0.4, 0.5) is 5.82 Å². The van der Waals surface area contributed by atoms with Gasteiger partial charge in [0, 0.05) is 46.7 Å². The lowest BCUT2D eigenvalue weighted by molar-refractivity contribution is -0.143. The Labute approximate surface area is 339 Å². The summed E-state index contributed by atoms with van der Waals surface area (Å²) in [6, 6.07) is 22.9. The summed E-state index contributed by atoms with van der Waals surface area (Å²) in [7, 11) is 0. The van der Waals surface area contributed by atoms with Gasteiger partial charge in [-0.2, -0.15) is 5.10 Å². The quantitative estimate of drug-likeness (QED) is 0.0810. The first-order valence-electron chi connectivity index (χ1n) is 18.8. The zero-order valence-electron chi connectivity index (χ0n) is 31.7. The fraction of sp³-hybridized carbons (Fsp3) is 0.186. The number of ketones is 1. The van der Waals surface area contributed by atoms with Crippen LogP contribution in [0.15, 0.2) is 108 Å². The minimum absolute atomic E-state index is 0.0191. The maximum absolute atomic E-state index is 14.6. The van der Waals surface area contributed by atoms with Crippen molar-refractivity contribution in [3.63, 3.8) is 0 Å². The number of hydrogen-bond donors (Lipinski definition) is 4. The average Bonchev–Trinajstić information content (AvgIpc) is 3.98. The molecule has 0 bridgehead atoms. The van der Waals surface area contributed by atoms with E-state index in [4.69, 9.17) is 10.5 Å². The van der Waals surface area contributed by atoms with Crippen LogP contribution in [0.3, 0.4) is 0 Å². The normalized spacial score (nSPS) is 12.0. The standard InChI is InChI=1S/C43H38N8O7S/c1-25(47-42(56)39-40(44)48-50-14-6-13-45-41(39)50)33-18-26-7-5-10-32(38(26)43(57)51(33)31-8-3-2-4-9-31)30-21-46-49(22-30)15-16-58-37(55)12-11-34(54)36-19-27-17-28(23-52)29(24-53)20-35(27)59-36/h2-10,13-14,17-22,25,52-53H,11-12,15-16,23-24H2,1H3,(H2,44,48)(H,47,56)/t25-/m0/s1. The van der Waals surface area contributed by atoms with Gasteiger partial charge in [-0.05, 0) is 76.9 Å². The van der Waals surface area contributed by atoms with Gasteiger partial charge < -0.3 is 26.0 Å². The highest BCUT2D eigenvalue weighted by molar-refractivity contribution is 7.20. The Kier molecular flexibility index (Phi) is 10.8. The van der Waals surface area contributed by atoms with E-state index in [2.05, 4.69) is 20.5 Å². The second-order valence-corrected chi connectivity index (χ2v) is 15.0. The number of carbonyl (C=O) groups is 3. The molecule has 59 heavy (non-hydrogen) atoms. The molecule has 5 heterocycles. The van der Waals surface area contributed by atoms with E-state index in [1.165, 1.54) is 15.9 Å². The van der Waals surface area contributed by atoms with Crippen LogP contribution in [0.5, 0.6) is 0 Å². The molecule has 0 aliphatic rings. The number of rotatable bonds is 14. The van der Waals surface area contributed by atoms with Crippen molar-refractivity contribution < 1.29 is 29.3 Å². The van der Waals surface area contributed by atoms with Gasteiger partial charge in [0.25, 0.3) is 11.5 Å². The first-order valence-corrected chi connectivity index (χ1v) is 19.6. The summed E-state index contributed by atoms with van der Waals surface area (Å²) in [6.45, 7) is 1.61. The maximum Gasteiger partial charge on any atom is 0.306 e. The number of aliphatic hydroxyl groups excluding tert-OH is 2. The Bertz CT molecular complexity index is 2910. The molecule has 298 valence electrons. The third-order valence-corrected chi connectivity index (χ3v) is 11.2. The van der Waals surface area contributed by atoms with Crippen LogP contribution in [0.2, 0.25) is 0 Å². The van der Waals surface area contributed by atoms with Crippen LogP contribution in [0.25, 0.3) is 43.3 Å². The Hall–Kier alpha value is -7.01. The van der Waals surface area contributed by atoms with E-state index >= 15 is 0 Å². The van der Waals surface area contributed by atoms with Crippen molar-refractivity contribution in [2.24, 2.45) is 0 Å². The number of hydrogen-bond acceptors (Lipinski definition) is 12. The van der Waals surface area contributed by atoms with E-state index in [0.29, 0.717) is 54.9 Å². The van der Waals surface area contributed by atoms with Crippen molar-refractivity contribution in [3.05, 3.63) is 141 Å². The number of para-hydroxylation sites is 1. The highest BCUT2D eigenvalue weighted by Crippen LogP contribution is 2.31. The fourth-order valence-electron chi connectivity index (χ4n) is 7.15. The fourth-order valence-corrected chi connectivity index (χ4v) is 8.22. The summed E-state index contributed by atoms with van der Waals surface area (Å²) in [4.78, 5) is 58.5. The van der Waals surface area contributed by atoms with Crippen molar-refractivity contribution in [1.29, 1.82) is 0 Å². The molecule has 3 aromatic carbocycles. The molecule has 8 rings (SSSR count). The van der Waals surface area contributed by atoms with Crippen LogP contribution < -0.4 is 16.6 Å². The van der Waals surface area contributed by atoms with Gasteiger partial charge in [-0.15, -0.1) is 16.4 Å². The predicted octanol–water partition coefficient (Wildman–Crippen LogP) is 5.38. The number of ether oxygens (including phenoxy) is 1. The molecule has 0 unspecified atom stereocenters. The van der Waals surface area contributed by atoms with Crippen molar-refractivity contribution in [2.45, 2.75) is 45.6 Å². The number of fused-ring (bicyclic) bond motifs is 3. The third kappa shape index (κ3) is 7.71. The number of carbonyl (C=O) groups excluding carboxylic acids is 3. The number of aromatic nitrogens is 6. The van der Waals surface area contributed by atoms with Gasteiger partial charge in [0.15, 0.2) is 17.2 Å². The van der Waals surface area contributed by atoms with E-state index in [1.807, 2.05) is 54.6 Å². The number of nitrogens with zero attached hydrogens (tertiary/aromatic N) is 6. The summed E-state index contributed by atoms with van der Waals surface area (Å²) in [5.74, 6) is -1.17. The first-order chi connectivity index (χ1) is 28.6. The molecule has 5 aromatic heterocycles. The van der Waals surface area contributed by atoms with Crippen LogP contribution in [0, 0.1) is 0 Å².